The minimum atomic E-state index is 0.271. The smallest absolute Gasteiger partial charge is 0.157 e. The molecule has 14 heavy (non-hydrogen) atoms. The van der Waals surface area contributed by atoms with Crippen molar-refractivity contribution in [2.24, 2.45) is 0 Å². The minimum Gasteiger partial charge on any atom is -0.393 e. The van der Waals surface area contributed by atoms with Crippen LogP contribution in [0.4, 0.5) is 11.5 Å². The van der Waals surface area contributed by atoms with Crippen LogP contribution in [0.2, 0.25) is 5.15 Å². The maximum atomic E-state index is 5.87. The number of aryl methyl sites for hydroxylation is 1. The highest BCUT2D eigenvalue weighted by Crippen LogP contribution is 2.24. The molecule has 0 fully saturated rings. The number of halogens is 1. The molecular formula is C9H15ClN4. The predicted molar refractivity (Wildman–Crippen MR) is 59.6 cm³/mol. The number of hydrogen-bond acceptors (Lipinski definition) is 4. The van der Waals surface area contributed by atoms with Crippen LogP contribution in [0.5, 0.6) is 0 Å². The molecule has 1 rings (SSSR count). The van der Waals surface area contributed by atoms with Crippen molar-refractivity contribution in [3.63, 3.8) is 0 Å². The van der Waals surface area contributed by atoms with Crippen molar-refractivity contribution in [3.05, 3.63) is 11.0 Å². The third kappa shape index (κ3) is 2.48. The predicted octanol–water partition coefficient (Wildman–Crippen LogP) is 2.09. The number of nitrogens with zero attached hydrogens (tertiary/aromatic N) is 2. The van der Waals surface area contributed by atoms with Crippen LogP contribution in [0.25, 0.3) is 0 Å². The van der Waals surface area contributed by atoms with E-state index >= 15 is 0 Å². The van der Waals surface area contributed by atoms with Crippen molar-refractivity contribution >= 4 is 23.1 Å². The molecule has 4 nitrogen and oxygen atoms in total. The monoisotopic (exact) mass is 214 g/mol. The summed E-state index contributed by atoms with van der Waals surface area (Å²) < 4.78 is 0. The Morgan fingerprint density at radius 2 is 2.07 bits per heavy atom. The van der Waals surface area contributed by atoms with E-state index in [1.165, 1.54) is 0 Å². The average molecular weight is 215 g/mol. The lowest BCUT2D eigenvalue weighted by Crippen LogP contribution is -2.14. The summed E-state index contributed by atoms with van der Waals surface area (Å²) in [6.45, 7) is 6.00. The highest BCUT2D eigenvalue weighted by atomic mass is 35.5. The van der Waals surface area contributed by atoms with Gasteiger partial charge in [0.25, 0.3) is 0 Å². The Morgan fingerprint density at radius 1 is 1.43 bits per heavy atom. The molecule has 78 valence electrons. The van der Waals surface area contributed by atoms with Crippen molar-refractivity contribution < 1.29 is 0 Å². The molecule has 0 aliphatic rings. The topological polar surface area (TPSA) is 63.8 Å². The molecule has 1 aromatic rings. The third-order valence-corrected chi connectivity index (χ3v) is 1.98. The first kappa shape index (κ1) is 11.0. The number of hydrogen-bond donors (Lipinski definition) is 2. The number of aromatic nitrogens is 2. The first-order valence-corrected chi connectivity index (χ1v) is 5.00. The van der Waals surface area contributed by atoms with E-state index in [-0.39, 0.29) is 6.04 Å². The van der Waals surface area contributed by atoms with Crippen LogP contribution >= 0.6 is 11.6 Å². The number of nitrogen functional groups attached to an aromatic ring is 1. The van der Waals surface area contributed by atoms with E-state index in [0.717, 1.165) is 6.42 Å². The van der Waals surface area contributed by atoms with Crippen molar-refractivity contribution in [3.8, 4) is 0 Å². The first-order chi connectivity index (χ1) is 6.54. The second-order valence-electron chi connectivity index (χ2n) is 3.35. The molecule has 1 heterocycles. The summed E-state index contributed by atoms with van der Waals surface area (Å²) >= 11 is 5.87. The fourth-order valence-corrected chi connectivity index (χ4v) is 1.21. The minimum absolute atomic E-state index is 0.271. The Bertz CT molecular complexity index is 325. The molecule has 5 heteroatoms. The van der Waals surface area contributed by atoms with E-state index < -0.39 is 0 Å². The van der Waals surface area contributed by atoms with Crippen LogP contribution in [0.15, 0.2) is 0 Å². The molecule has 0 aromatic carbocycles. The summed E-state index contributed by atoms with van der Waals surface area (Å²) in [5.74, 6) is 1.32. The number of anilines is 2. The highest BCUT2D eigenvalue weighted by Gasteiger charge is 2.09. The van der Waals surface area contributed by atoms with Gasteiger partial charge in [-0.15, -0.1) is 0 Å². The van der Waals surface area contributed by atoms with Crippen molar-refractivity contribution in [2.75, 3.05) is 11.1 Å². The molecule has 0 aliphatic carbocycles. The second kappa shape index (κ2) is 4.46. The van der Waals surface area contributed by atoms with Gasteiger partial charge in [0.1, 0.15) is 11.5 Å². The van der Waals surface area contributed by atoms with E-state index in [0.29, 0.717) is 22.5 Å². The zero-order chi connectivity index (χ0) is 10.7. The quantitative estimate of drug-likeness (QED) is 0.757. The van der Waals surface area contributed by atoms with Crippen molar-refractivity contribution in [1.29, 1.82) is 0 Å². The zero-order valence-electron chi connectivity index (χ0n) is 8.63. The van der Waals surface area contributed by atoms with Crippen LogP contribution in [0.3, 0.4) is 0 Å². The van der Waals surface area contributed by atoms with E-state index in [9.17, 15) is 0 Å². The molecule has 0 spiro atoms. The third-order valence-electron chi connectivity index (χ3n) is 1.69. The Hall–Kier alpha value is -1.03. The summed E-state index contributed by atoms with van der Waals surface area (Å²) in [4.78, 5) is 8.31. The van der Waals surface area contributed by atoms with Crippen LogP contribution in [-0.2, 0) is 6.42 Å². The van der Waals surface area contributed by atoms with Crippen LogP contribution < -0.4 is 11.1 Å². The Balaban J connectivity index is 3.07. The van der Waals surface area contributed by atoms with E-state index in [1.807, 2.05) is 20.8 Å². The lowest BCUT2D eigenvalue weighted by molar-refractivity contribution is 0.870. The van der Waals surface area contributed by atoms with Gasteiger partial charge in [-0.3, -0.25) is 0 Å². The zero-order valence-corrected chi connectivity index (χ0v) is 9.39. The Morgan fingerprint density at radius 3 is 2.57 bits per heavy atom. The standard InChI is InChI=1S/C9H15ClN4/c1-4-6-13-8(10)7(11)9(14-6)12-5(2)3/h5H,4,11H2,1-3H3,(H,12,13,14). The van der Waals surface area contributed by atoms with Gasteiger partial charge in [-0.2, -0.15) is 0 Å². The molecule has 3 N–H and O–H groups in total. The average Bonchev–Trinajstić information content (AvgIpc) is 2.11. The summed E-state index contributed by atoms with van der Waals surface area (Å²) in [6.07, 6.45) is 0.743. The van der Waals surface area contributed by atoms with Crippen LogP contribution in [-0.4, -0.2) is 16.0 Å². The van der Waals surface area contributed by atoms with Gasteiger partial charge in [0.2, 0.25) is 0 Å². The first-order valence-electron chi connectivity index (χ1n) is 4.63. The molecular weight excluding hydrogens is 200 g/mol. The molecule has 0 saturated heterocycles. The van der Waals surface area contributed by atoms with Gasteiger partial charge < -0.3 is 11.1 Å². The molecule has 0 aliphatic heterocycles. The lowest BCUT2D eigenvalue weighted by Gasteiger charge is -2.12. The van der Waals surface area contributed by atoms with Gasteiger partial charge in [0, 0.05) is 12.5 Å². The number of nitrogens with one attached hydrogen (secondary N) is 1. The summed E-state index contributed by atoms with van der Waals surface area (Å²) in [5, 5.41) is 3.45. The molecule has 0 amide bonds. The molecule has 0 saturated carbocycles. The Labute approximate surface area is 88.9 Å². The number of nitrogens with two attached hydrogens (primary N) is 1. The molecule has 0 unspecified atom stereocenters. The highest BCUT2D eigenvalue weighted by molar-refractivity contribution is 6.32. The summed E-state index contributed by atoms with van der Waals surface area (Å²) in [5.41, 5.74) is 6.15. The fraction of sp³-hybridized carbons (Fsp3) is 0.556. The van der Waals surface area contributed by atoms with E-state index in [4.69, 9.17) is 17.3 Å². The Kier molecular flexibility index (Phi) is 3.52. The van der Waals surface area contributed by atoms with Gasteiger partial charge >= 0.3 is 0 Å². The van der Waals surface area contributed by atoms with Gasteiger partial charge in [-0.25, -0.2) is 9.97 Å². The summed E-state index contributed by atoms with van der Waals surface area (Å²) in [7, 11) is 0. The van der Waals surface area contributed by atoms with E-state index in [1.54, 1.807) is 0 Å². The molecule has 0 radical (unpaired) electrons. The number of rotatable bonds is 3. The maximum Gasteiger partial charge on any atom is 0.157 e. The van der Waals surface area contributed by atoms with Crippen LogP contribution in [0, 0.1) is 0 Å². The van der Waals surface area contributed by atoms with Crippen molar-refractivity contribution in [1.82, 2.24) is 9.97 Å². The fourth-order valence-electron chi connectivity index (χ4n) is 1.03. The lowest BCUT2D eigenvalue weighted by atomic mass is 10.3. The largest absolute Gasteiger partial charge is 0.393 e. The van der Waals surface area contributed by atoms with Crippen molar-refractivity contribution in [2.45, 2.75) is 33.2 Å². The van der Waals surface area contributed by atoms with Crippen LogP contribution in [0.1, 0.15) is 26.6 Å². The molecule has 0 atom stereocenters. The van der Waals surface area contributed by atoms with Gasteiger partial charge in [0.15, 0.2) is 11.0 Å². The van der Waals surface area contributed by atoms with Gasteiger partial charge in [-0.1, -0.05) is 18.5 Å². The normalized spacial score (nSPS) is 10.6. The maximum absolute atomic E-state index is 5.87. The molecule has 0 bridgehead atoms. The van der Waals surface area contributed by atoms with E-state index in [2.05, 4.69) is 15.3 Å². The SMILES string of the molecule is CCc1nc(Cl)c(N)c(NC(C)C)n1. The van der Waals surface area contributed by atoms with Gasteiger partial charge in [-0.05, 0) is 13.8 Å². The second-order valence-corrected chi connectivity index (χ2v) is 3.70. The summed E-state index contributed by atoms with van der Waals surface area (Å²) in [6, 6.07) is 0.271. The molecule has 1 aromatic heterocycles. The van der Waals surface area contributed by atoms with Gasteiger partial charge in [0.05, 0.1) is 0 Å².